The Balaban J connectivity index is 1.15. The molecule has 2 fully saturated rings. The van der Waals surface area contributed by atoms with Crippen LogP contribution in [0, 0.1) is 0 Å². The second-order valence-electron chi connectivity index (χ2n) is 11.8. The predicted molar refractivity (Wildman–Crippen MR) is 168 cm³/mol. The summed E-state index contributed by atoms with van der Waals surface area (Å²) in [6.07, 6.45) is -3.80. The lowest BCUT2D eigenvalue weighted by atomic mass is 9.89. The molecule has 46 heavy (non-hydrogen) atoms. The zero-order valence-corrected chi connectivity index (χ0v) is 26.2. The van der Waals surface area contributed by atoms with Crippen molar-refractivity contribution in [2.24, 2.45) is 0 Å². The highest BCUT2D eigenvalue weighted by Gasteiger charge is 2.43. The Bertz CT molecular complexity index is 1780. The van der Waals surface area contributed by atoms with Crippen molar-refractivity contribution in [1.29, 1.82) is 0 Å². The normalized spacial score (nSPS) is 19.3. The number of alkyl halides is 3. The molecule has 9 nitrogen and oxygen atoms in total. The summed E-state index contributed by atoms with van der Waals surface area (Å²) < 4.78 is 49.9. The number of amides is 1. The topological polar surface area (TPSA) is 102 Å². The van der Waals surface area contributed by atoms with Crippen LogP contribution >= 0.6 is 23.2 Å². The highest BCUT2D eigenvalue weighted by molar-refractivity contribution is 6.32. The lowest BCUT2D eigenvalue weighted by Crippen LogP contribution is -2.50. The van der Waals surface area contributed by atoms with E-state index in [4.69, 9.17) is 27.9 Å². The molecule has 2 aromatic heterocycles. The van der Waals surface area contributed by atoms with E-state index in [2.05, 4.69) is 10.3 Å². The molecule has 244 valence electrons. The maximum Gasteiger partial charge on any atom is 0.396 e. The van der Waals surface area contributed by atoms with Crippen LogP contribution in [0.3, 0.4) is 0 Å². The summed E-state index contributed by atoms with van der Waals surface area (Å²) in [6, 6.07) is 14.3. The molecule has 0 saturated carbocycles. The number of halogens is 5. The summed E-state index contributed by atoms with van der Waals surface area (Å²) in [5, 5.41) is 15.7. The molecule has 2 aliphatic heterocycles. The fourth-order valence-corrected chi connectivity index (χ4v) is 6.80. The number of hydrogen-bond donors (Lipinski definition) is 2. The second-order valence-corrected chi connectivity index (χ2v) is 12.6. The van der Waals surface area contributed by atoms with E-state index in [-0.39, 0.29) is 54.6 Å². The van der Waals surface area contributed by atoms with Gasteiger partial charge in [0.2, 0.25) is 5.91 Å². The minimum absolute atomic E-state index is 0.0278. The smallest absolute Gasteiger partial charge is 0.388 e. The van der Waals surface area contributed by atoms with Crippen LogP contribution < -0.4 is 10.9 Å². The zero-order chi connectivity index (χ0) is 32.6. The number of ether oxygens (including phenoxy) is 1. The van der Waals surface area contributed by atoms with Crippen LogP contribution in [0.15, 0.2) is 65.7 Å². The van der Waals surface area contributed by atoms with Gasteiger partial charge in [0.05, 0.1) is 42.7 Å². The first kappa shape index (κ1) is 32.5. The Morgan fingerprint density at radius 3 is 2.52 bits per heavy atom. The molecule has 0 bridgehead atoms. The number of morpholine rings is 1. The third-order valence-corrected chi connectivity index (χ3v) is 9.37. The zero-order valence-electron chi connectivity index (χ0n) is 24.6. The van der Waals surface area contributed by atoms with Gasteiger partial charge >= 0.3 is 6.18 Å². The van der Waals surface area contributed by atoms with Crippen LogP contribution in [-0.4, -0.2) is 74.7 Å². The maximum absolute atomic E-state index is 13.8. The first-order valence-corrected chi connectivity index (χ1v) is 15.7. The van der Waals surface area contributed by atoms with Gasteiger partial charge in [-0.2, -0.15) is 13.2 Å². The minimum Gasteiger partial charge on any atom is -0.388 e. The highest BCUT2D eigenvalue weighted by Crippen LogP contribution is 2.38. The maximum atomic E-state index is 13.8. The van der Waals surface area contributed by atoms with Gasteiger partial charge in [-0.1, -0.05) is 59.6 Å². The third-order valence-electron chi connectivity index (χ3n) is 8.77. The van der Waals surface area contributed by atoms with Crippen LogP contribution in [0.1, 0.15) is 42.3 Å². The molecule has 0 radical (unpaired) electrons. The number of fused-ring (bicyclic) bond motifs is 1. The number of aromatic nitrogens is 3. The van der Waals surface area contributed by atoms with Gasteiger partial charge in [0, 0.05) is 36.8 Å². The van der Waals surface area contributed by atoms with E-state index < -0.39 is 35.6 Å². The molecular formula is C32H32Cl2F3N5O4. The molecule has 1 amide bonds. The molecule has 6 rings (SSSR count). The van der Waals surface area contributed by atoms with Gasteiger partial charge in [-0.15, -0.1) is 0 Å². The predicted octanol–water partition coefficient (Wildman–Crippen LogP) is 5.24. The van der Waals surface area contributed by atoms with E-state index in [1.165, 1.54) is 46.1 Å². The van der Waals surface area contributed by atoms with Gasteiger partial charge < -0.3 is 20.1 Å². The van der Waals surface area contributed by atoms with Crippen molar-refractivity contribution in [2.75, 3.05) is 32.8 Å². The van der Waals surface area contributed by atoms with Gasteiger partial charge in [0.1, 0.15) is 11.5 Å². The summed E-state index contributed by atoms with van der Waals surface area (Å²) in [7, 11) is 0. The summed E-state index contributed by atoms with van der Waals surface area (Å²) >= 11 is 13.2. The second kappa shape index (κ2) is 13.0. The summed E-state index contributed by atoms with van der Waals surface area (Å²) in [6.45, 7) is 1.86. The Hall–Kier alpha value is -3.42. The minimum atomic E-state index is -4.58. The molecular weight excluding hydrogens is 646 g/mol. The number of benzene rings is 2. The van der Waals surface area contributed by atoms with Crippen LogP contribution in [0.4, 0.5) is 13.2 Å². The van der Waals surface area contributed by atoms with E-state index in [1.807, 2.05) is 12.1 Å². The van der Waals surface area contributed by atoms with Crippen molar-refractivity contribution in [3.8, 4) is 5.69 Å². The number of likely N-dealkylation sites (tertiary alicyclic amines) is 1. The van der Waals surface area contributed by atoms with Gasteiger partial charge in [-0.25, -0.2) is 4.98 Å². The van der Waals surface area contributed by atoms with Crippen LogP contribution in [-0.2, 0) is 16.1 Å². The van der Waals surface area contributed by atoms with Crippen molar-refractivity contribution >= 4 is 40.1 Å². The molecule has 0 aliphatic carbocycles. The van der Waals surface area contributed by atoms with Crippen molar-refractivity contribution in [1.82, 2.24) is 24.3 Å². The Morgan fingerprint density at radius 2 is 1.87 bits per heavy atom. The number of rotatable bonds is 7. The van der Waals surface area contributed by atoms with Gasteiger partial charge in [-0.3, -0.25) is 18.7 Å². The Labute approximate surface area is 272 Å². The molecule has 2 atom stereocenters. The Morgan fingerprint density at radius 1 is 1.13 bits per heavy atom. The monoisotopic (exact) mass is 677 g/mol. The molecule has 2 aliphatic rings. The molecule has 2 N–H and O–H groups in total. The Kier molecular flexibility index (Phi) is 9.19. The van der Waals surface area contributed by atoms with E-state index in [0.29, 0.717) is 29.6 Å². The van der Waals surface area contributed by atoms with Crippen LogP contribution in [0.2, 0.25) is 10.2 Å². The molecule has 4 heterocycles. The number of nitrogens with zero attached hydrogens (tertiary/aromatic N) is 4. The first-order valence-electron chi connectivity index (χ1n) is 14.9. The quantitative estimate of drug-likeness (QED) is 0.277. The number of carbonyl (C=O) groups excluding carboxylic acids is 1. The standard InChI is InChI=1S/C32H32Cl2F3N5O4/c33-25-14-21(6-7-22(25)26-17-46-13-10-38-26)42-27(34)15-23-29(42)39-19-41(30(23)44)18-31(45)8-11-40(12-9-31)28(43)16-24(32(35,36)37)20-4-2-1-3-5-20/h1-7,14-15,19,24,26,38,45H,8-13,16-18H2/t24-,26-/m1/s1. The van der Waals surface area contributed by atoms with Crippen molar-refractivity contribution in [2.45, 2.75) is 49.5 Å². The van der Waals surface area contributed by atoms with Gasteiger partial charge in [-0.05, 0) is 42.2 Å². The van der Waals surface area contributed by atoms with E-state index >= 15 is 0 Å². The number of nitrogens with one attached hydrogen (secondary N) is 1. The van der Waals surface area contributed by atoms with Gasteiger partial charge in [0.25, 0.3) is 5.56 Å². The molecule has 2 aromatic carbocycles. The molecule has 2 saturated heterocycles. The van der Waals surface area contributed by atoms with Crippen molar-refractivity contribution < 1.29 is 27.8 Å². The van der Waals surface area contributed by atoms with Crippen LogP contribution in [0.5, 0.6) is 0 Å². The van der Waals surface area contributed by atoms with Crippen LogP contribution in [0.25, 0.3) is 16.7 Å². The fraction of sp³-hybridized carbons (Fsp3) is 0.406. The summed E-state index contributed by atoms with van der Waals surface area (Å²) in [5.74, 6) is -2.56. The molecule has 14 heteroatoms. The lowest BCUT2D eigenvalue weighted by Gasteiger charge is -2.39. The summed E-state index contributed by atoms with van der Waals surface area (Å²) in [4.78, 5) is 32.3. The van der Waals surface area contributed by atoms with Crippen molar-refractivity contribution in [3.05, 3.63) is 92.6 Å². The van der Waals surface area contributed by atoms with E-state index in [0.717, 1.165) is 12.1 Å². The molecule has 4 aromatic rings. The largest absolute Gasteiger partial charge is 0.396 e. The van der Waals surface area contributed by atoms with Gasteiger partial charge in [0.15, 0.2) is 5.65 Å². The average Bonchev–Trinajstić information content (AvgIpc) is 3.38. The van der Waals surface area contributed by atoms with E-state index in [1.54, 1.807) is 16.7 Å². The highest BCUT2D eigenvalue weighted by atomic mass is 35.5. The number of carbonyl (C=O) groups is 1. The fourth-order valence-electron chi connectivity index (χ4n) is 6.21. The SMILES string of the molecule is O=C(C[C@H](c1ccccc1)C(F)(F)F)N1CCC(O)(Cn2cnc3c(cc(Cl)n3-c3ccc([C@H]4COCCN4)c(Cl)c3)c2=O)CC1. The number of hydrogen-bond acceptors (Lipinski definition) is 6. The molecule has 0 unspecified atom stereocenters. The summed E-state index contributed by atoms with van der Waals surface area (Å²) in [5.41, 5.74) is 0.0565. The average molecular weight is 679 g/mol. The lowest BCUT2D eigenvalue weighted by molar-refractivity contribution is -0.162. The van der Waals surface area contributed by atoms with E-state index in [9.17, 15) is 27.9 Å². The first-order chi connectivity index (χ1) is 21.9. The number of piperidine rings is 1. The number of aliphatic hydroxyl groups is 1. The van der Waals surface area contributed by atoms with Crippen molar-refractivity contribution in [3.63, 3.8) is 0 Å². The third kappa shape index (κ3) is 6.68. The molecule has 0 spiro atoms.